The first kappa shape index (κ1) is 17.8. The van der Waals surface area contributed by atoms with Crippen molar-refractivity contribution < 1.29 is 22.7 Å². The lowest BCUT2D eigenvalue weighted by atomic mass is 10.2. The molecule has 0 aliphatic heterocycles. The van der Waals surface area contributed by atoms with Gasteiger partial charge in [-0.15, -0.1) is 0 Å². The third-order valence-electron chi connectivity index (χ3n) is 3.31. The van der Waals surface area contributed by atoms with E-state index in [9.17, 15) is 18.0 Å². The van der Waals surface area contributed by atoms with Gasteiger partial charge in [0.25, 0.3) is 5.91 Å². The van der Waals surface area contributed by atoms with Crippen LogP contribution in [0.25, 0.3) is 0 Å². The monoisotopic (exact) mass is 341 g/mol. The molecule has 2 rings (SSSR count). The van der Waals surface area contributed by atoms with Gasteiger partial charge in [-0.1, -0.05) is 12.1 Å². The van der Waals surface area contributed by atoms with Crippen molar-refractivity contribution in [2.75, 3.05) is 6.61 Å². The summed E-state index contributed by atoms with van der Waals surface area (Å²) in [7, 11) is 0. The number of carbonyl (C=O) groups is 1. The molecule has 5 nitrogen and oxygen atoms in total. The Kier molecular flexibility index (Phi) is 5.48. The van der Waals surface area contributed by atoms with Crippen molar-refractivity contribution in [3.05, 3.63) is 47.3 Å². The second kappa shape index (κ2) is 7.37. The van der Waals surface area contributed by atoms with Crippen LogP contribution in [0.4, 0.5) is 13.2 Å². The maximum absolute atomic E-state index is 13.1. The number of benzene rings is 1. The molecule has 8 heteroatoms. The van der Waals surface area contributed by atoms with Gasteiger partial charge in [0.05, 0.1) is 18.4 Å². The Hall–Kier alpha value is -2.51. The van der Waals surface area contributed by atoms with Gasteiger partial charge in [-0.25, -0.2) is 0 Å². The number of nitrogens with one attached hydrogen (secondary N) is 1. The molecule has 0 atom stereocenters. The summed E-state index contributed by atoms with van der Waals surface area (Å²) in [5.74, 6) is -0.178. The minimum atomic E-state index is -4.64. The summed E-state index contributed by atoms with van der Waals surface area (Å²) in [6.07, 6.45) is -3.70. The number of alkyl halides is 3. The summed E-state index contributed by atoms with van der Waals surface area (Å²) in [5.41, 5.74) is -0.790. The van der Waals surface area contributed by atoms with E-state index in [-0.39, 0.29) is 13.1 Å². The van der Waals surface area contributed by atoms with Gasteiger partial charge in [-0.2, -0.15) is 18.3 Å². The number of ether oxygens (including phenoxy) is 1. The van der Waals surface area contributed by atoms with E-state index in [2.05, 4.69) is 10.4 Å². The molecule has 0 radical (unpaired) electrons. The van der Waals surface area contributed by atoms with Crippen LogP contribution in [-0.2, 0) is 19.3 Å². The summed E-state index contributed by atoms with van der Waals surface area (Å²) in [5, 5.41) is 6.12. The van der Waals surface area contributed by atoms with E-state index in [1.54, 1.807) is 24.3 Å². The number of amides is 1. The molecule has 24 heavy (non-hydrogen) atoms. The van der Waals surface area contributed by atoms with Crippen molar-refractivity contribution in [3.8, 4) is 5.75 Å². The number of hydrogen-bond donors (Lipinski definition) is 1. The van der Waals surface area contributed by atoms with Gasteiger partial charge in [0, 0.05) is 13.1 Å². The fourth-order valence-corrected chi connectivity index (χ4v) is 2.28. The fourth-order valence-electron chi connectivity index (χ4n) is 2.28. The molecule has 1 aromatic heterocycles. The van der Waals surface area contributed by atoms with Gasteiger partial charge in [0.15, 0.2) is 5.69 Å². The largest absolute Gasteiger partial charge is 0.494 e. The van der Waals surface area contributed by atoms with Crippen molar-refractivity contribution in [3.63, 3.8) is 0 Å². The first-order valence-corrected chi connectivity index (χ1v) is 7.49. The Morgan fingerprint density at radius 3 is 2.71 bits per heavy atom. The molecular weight excluding hydrogens is 323 g/mol. The molecule has 0 saturated heterocycles. The van der Waals surface area contributed by atoms with E-state index in [4.69, 9.17) is 4.74 Å². The summed E-state index contributed by atoms with van der Waals surface area (Å²) in [4.78, 5) is 12.1. The molecule has 1 heterocycles. The molecule has 0 bridgehead atoms. The molecule has 1 N–H and O–H groups in total. The van der Waals surface area contributed by atoms with E-state index < -0.39 is 23.3 Å². The van der Waals surface area contributed by atoms with Crippen LogP contribution >= 0.6 is 0 Å². The van der Waals surface area contributed by atoms with Crippen LogP contribution in [0.15, 0.2) is 30.5 Å². The average Bonchev–Trinajstić information content (AvgIpc) is 2.98. The second-order valence-corrected chi connectivity index (χ2v) is 4.98. The molecule has 0 saturated carbocycles. The average molecular weight is 341 g/mol. The van der Waals surface area contributed by atoms with E-state index >= 15 is 0 Å². The number of aromatic nitrogens is 2. The molecule has 0 fully saturated rings. The highest BCUT2D eigenvalue weighted by Crippen LogP contribution is 2.32. The van der Waals surface area contributed by atoms with Gasteiger partial charge in [-0.3, -0.25) is 9.48 Å². The zero-order valence-corrected chi connectivity index (χ0v) is 13.4. The van der Waals surface area contributed by atoms with Crippen molar-refractivity contribution in [1.29, 1.82) is 0 Å². The van der Waals surface area contributed by atoms with Crippen LogP contribution in [0.1, 0.15) is 35.5 Å². The fraction of sp³-hybridized carbons (Fsp3) is 0.375. The van der Waals surface area contributed by atoms with Crippen LogP contribution < -0.4 is 10.1 Å². The Balaban J connectivity index is 2.13. The molecule has 0 aliphatic rings. The van der Waals surface area contributed by atoms with E-state index in [0.29, 0.717) is 12.4 Å². The molecule has 0 aliphatic carbocycles. The highest BCUT2D eigenvalue weighted by atomic mass is 19.4. The third kappa shape index (κ3) is 4.06. The van der Waals surface area contributed by atoms with Crippen molar-refractivity contribution in [1.82, 2.24) is 15.1 Å². The van der Waals surface area contributed by atoms with Gasteiger partial charge < -0.3 is 10.1 Å². The zero-order chi connectivity index (χ0) is 17.7. The van der Waals surface area contributed by atoms with E-state index in [1.165, 1.54) is 6.92 Å². The number of rotatable bonds is 6. The first-order chi connectivity index (χ1) is 11.4. The van der Waals surface area contributed by atoms with Crippen molar-refractivity contribution >= 4 is 5.91 Å². The number of hydrogen-bond acceptors (Lipinski definition) is 3. The summed E-state index contributed by atoms with van der Waals surface area (Å²) in [6.45, 7) is 4.00. The summed E-state index contributed by atoms with van der Waals surface area (Å²) < 4.78 is 45.5. The molecule has 1 aromatic carbocycles. The smallest absolute Gasteiger partial charge is 0.433 e. The molecule has 0 spiro atoms. The highest BCUT2D eigenvalue weighted by molar-refractivity contribution is 5.95. The SMILES string of the molecule is CCOc1cccc(CNC(=O)c2cnn(CC)c2C(F)(F)F)c1. The van der Waals surface area contributed by atoms with E-state index in [0.717, 1.165) is 16.4 Å². The van der Waals surface area contributed by atoms with Gasteiger partial charge in [0.2, 0.25) is 0 Å². The van der Waals surface area contributed by atoms with Crippen LogP contribution in [-0.4, -0.2) is 22.3 Å². The lowest BCUT2D eigenvalue weighted by Crippen LogP contribution is -2.26. The Morgan fingerprint density at radius 1 is 1.33 bits per heavy atom. The molecule has 2 aromatic rings. The maximum atomic E-state index is 13.1. The standard InChI is InChI=1S/C16H18F3N3O2/c1-3-22-14(16(17,18)19)13(10-21-22)15(23)20-9-11-6-5-7-12(8-11)24-4-2/h5-8,10H,3-4,9H2,1-2H3,(H,20,23). The number of halogens is 3. The molecule has 0 unspecified atom stereocenters. The Labute approximate surface area is 137 Å². The number of carbonyl (C=O) groups excluding carboxylic acids is 1. The topological polar surface area (TPSA) is 56.1 Å². The predicted molar refractivity (Wildman–Crippen MR) is 81.7 cm³/mol. The number of aryl methyl sites for hydroxylation is 1. The molecule has 130 valence electrons. The minimum Gasteiger partial charge on any atom is -0.494 e. The maximum Gasteiger partial charge on any atom is 0.433 e. The Bertz CT molecular complexity index is 711. The van der Waals surface area contributed by atoms with Crippen LogP contribution in [0.5, 0.6) is 5.75 Å². The van der Waals surface area contributed by atoms with Gasteiger partial charge >= 0.3 is 6.18 Å². The predicted octanol–water partition coefficient (Wildman–Crippen LogP) is 3.25. The summed E-state index contributed by atoms with van der Waals surface area (Å²) in [6, 6.07) is 7.00. The van der Waals surface area contributed by atoms with Crippen LogP contribution in [0.2, 0.25) is 0 Å². The van der Waals surface area contributed by atoms with E-state index in [1.807, 2.05) is 6.92 Å². The van der Waals surface area contributed by atoms with Crippen molar-refractivity contribution in [2.24, 2.45) is 0 Å². The normalized spacial score (nSPS) is 11.4. The lowest BCUT2D eigenvalue weighted by molar-refractivity contribution is -0.144. The zero-order valence-electron chi connectivity index (χ0n) is 13.4. The minimum absolute atomic E-state index is 0.0263. The summed E-state index contributed by atoms with van der Waals surface area (Å²) >= 11 is 0. The van der Waals surface area contributed by atoms with Gasteiger partial charge in [0.1, 0.15) is 5.75 Å². The Morgan fingerprint density at radius 2 is 2.08 bits per heavy atom. The second-order valence-electron chi connectivity index (χ2n) is 4.98. The molecular formula is C16H18F3N3O2. The third-order valence-corrected chi connectivity index (χ3v) is 3.31. The number of nitrogens with zero attached hydrogens (tertiary/aromatic N) is 2. The first-order valence-electron chi connectivity index (χ1n) is 7.49. The lowest BCUT2D eigenvalue weighted by Gasteiger charge is -2.12. The highest BCUT2D eigenvalue weighted by Gasteiger charge is 2.39. The quantitative estimate of drug-likeness (QED) is 0.877. The van der Waals surface area contributed by atoms with Gasteiger partial charge in [-0.05, 0) is 31.5 Å². The van der Waals surface area contributed by atoms with Crippen molar-refractivity contribution in [2.45, 2.75) is 33.1 Å². The molecule has 1 amide bonds. The van der Waals surface area contributed by atoms with Crippen LogP contribution in [0, 0.1) is 0 Å². The van der Waals surface area contributed by atoms with Crippen LogP contribution in [0.3, 0.4) is 0 Å².